The SMILES string of the molecule is C[Si](C)(C)CCOCn1cc(C(F)(F)F)c2c(Oc3c(F)cc(NC(=O)Oc4ccccc4)cc3C(F)(F)F)ccnc21. The zero-order chi connectivity index (χ0) is 31.6. The highest BCUT2D eigenvalue weighted by molar-refractivity contribution is 6.76. The van der Waals surface area contributed by atoms with Crippen LogP contribution in [0.4, 0.5) is 41.2 Å². The molecule has 0 bridgehead atoms. The summed E-state index contributed by atoms with van der Waals surface area (Å²) in [5.74, 6) is -3.63. The Labute approximate surface area is 242 Å². The monoisotopic (exact) mass is 629 g/mol. The number of hydrogen-bond donors (Lipinski definition) is 1. The highest BCUT2D eigenvalue weighted by Gasteiger charge is 2.39. The van der Waals surface area contributed by atoms with E-state index in [0.29, 0.717) is 18.3 Å². The topological polar surface area (TPSA) is 74.6 Å². The Morgan fingerprint density at radius 2 is 1.65 bits per heavy atom. The molecule has 43 heavy (non-hydrogen) atoms. The van der Waals surface area contributed by atoms with Crippen molar-refractivity contribution in [2.24, 2.45) is 0 Å². The summed E-state index contributed by atoms with van der Waals surface area (Å²) in [6.07, 6.45) is -9.65. The third-order valence-corrected chi connectivity index (χ3v) is 7.72. The van der Waals surface area contributed by atoms with Crippen molar-refractivity contribution in [1.82, 2.24) is 9.55 Å². The number of anilines is 1. The lowest BCUT2D eigenvalue weighted by atomic mass is 10.1. The molecule has 0 unspecified atom stereocenters. The second-order valence-electron chi connectivity index (χ2n) is 10.6. The van der Waals surface area contributed by atoms with Crippen LogP contribution in [0.15, 0.2) is 60.9 Å². The van der Waals surface area contributed by atoms with Crippen molar-refractivity contribution in [2.75, 3.05) is 11.9 Å². The summed E-state index contributed by atoms with van der Waals surface area (Å²) in [4.78, 5) is 16.1. The second kappa shape index (κ2) is 12.2. The number of nitrogens with one attached hydrogen (secondary N) is 1. The Morgan fingerprint density at radius 3 is 2.28 bits per heavy atom. The minimum atomic E-state index is -5.23. The largest absolute Gasteiger partial charge is 0.453 e. The summed E-state index contributed by atoms with van der Waals surface area (Å²) in [6.45, 7) is 6.27. The number of ether oxygens (including phenoxy) is 3. The van der Waals surface area contributed by atoms with Crippen LogP contribution in [0, 0.1) is 5.82 Å². The number of amides is 1. The molecule has 0 spiro atoms. The lowest BCUT2D eigenvalue weighted by Gasteiger charge is -2.17. The zero-order valence-corrected chi connectivity index (χ0v) is 24.1. The fourth-order valence-corrected chi connectivity index (χ4v) is 4.71. The molecule has 230 valence electrons. The summed E-state index contributed by atoms with van der Waals surface area (Å²) in [5, 5.41) is 1.32. The van der Waals surface area contributed by atoms with Gasteiger partial charge in [0.1, 0.15) is 29.4 Å². The van der Waals surface area contributed by atoms with Gasteiger partial charge >= 0.3 is 18.4 Å². The van der Waals surface area contributed by atoms with Gasteiger partial charge in [-0.15, -0.1) is 0 Å². The number of nitrogens with zero attached hydrogens (tertiary/aromatic N) is 2. The molecule has 2 heterocycles. The molecule has 0 aliphatic heterocycles. The Bertz CT molecular complexity index is 1600. The molecule has 0 saturated heterocycles. The van der Waals surface area contributed by atoms with Crippen LogP contribution in [0.3, 0.4) is 0 Å². The van der Waals surface area contributed by atoms with Gasteiger partial charge in [-0.25, -0.2) is 14.2 Å². The van der Waals surface area contributed by atoms with Crippen LogP contribution in [0.2, 0.25) is 25.7 Å². The smallest absolute Gasteiger partial charge is 0.420 e. The second-order valence-corrected chi connectivity index (χ2v) is 16.2. The normalized spacial score (nSPS) is 12.4. The minimum Gasteiger partial charge on any atom is -0.453 e. The van der Waals surface area contributed by atoms with Gasteiger partial charge in [0.15, 0.2) is 11.6 Å². The number of carbonyl (C=O) groups is 1. The molecule has 0 aliphatic carbocycles. The number of benzene rings is 2. The van der Waals surface area contributed by atoms with Crippen LogP contribution in [0.5, 0.6) is 17.2 Å². The minimum absolute atomic E-state index is 0.0760. The number of pyridine rings is 1. The van der Waals surface area contributed by atoms with Crippen LogP contribution in [0.1, 0.15) is 11.1 Å². The van der Waals surface area contributed by atoms with Gasteiger partial charge in [-0.3, -0.25) is 5.32 Å². The molecule has 0 saturated carbocycles. The number of para-hydroxylation sites is 1. The van der Waals surface area contributed by atoms with Crippen LogP contribution >= 0.6 is 0 Å². The van der Waals surface area contributed by atoms with Crippen molar-refractivity contribution in [3.05, 3.63) is 77.9 Å². The number of rotatable bonds is 9. The van der Waals surface area contributed by atoms with Gasteiger partial charge in [-0.1, -0.05) is 37.8 Å². The van der Waals surface area contributed by atoms with Crippen molar-refractivity contribution in [2.45, 2.75) is 44.8 Å². The molecule has 0 radical (unpaired) electrons. The van der Waals surface area contributed by atoms with Gasteiger partial charge in [-0.05, 0) is 30.3 Å². The summed E-state index contributed by atoms with van der Waals surface area (Å²) >= 11 is 0. The number of hydrogen-bond acceptors (Lipinski definition) is 5. The van der Waals surface area contributed by atoms with E-state index < -0.39 is 66.0 Å². The van der Waals surface area contributed by atoms with Gasteiger partial charge < -0.3 is 18.8 Å². The predicted molar refractivity (Wildman–Crippen MR) is 146 cm³/mol. The molecule has 0 aliphatic rings. The summed E-state index contributed by atoms with van der Waals surface area (Å²) in [7, 11) is -1.49. The molecule has 2 aromatic carbocycles. The molecule has 0 atom stereocenters. The fourth-order valence-electron chi connectivity index (χ4n) is 3.95. The average molecular weight is 630 g/mol. The Morgan fingerprint density at radius 1 is 0.977 bits per heavy atom. The first-order valence-electron chi connectivity index (χ1n) is 12.8. The maximum absolute atomic E-state index is 15.2. The summed E-state index contributed by atoms with van der Waals surface area (Å²) < 4.78 is 116. The molecule has 2 aromatic heterocycles. The first kappa shape index (κ1) is 31.8. The maximum Gasteiger partial charge on any atom is 0.420 e. The molecule has 4 rings (SSSR count). The quantitative estimate of drug-likeness (QED) is 0.114. The lowest BCUT2D eigenvalue weighted by Crippen LogP contribution is -2.22. The number of halogens is 7. The average Bonchev–Trinajstić information content (AvgIpc) is 3.27. The van der Waals surface area contributed by atoms with E-state index in [1.807, 2.05) is 5.32 Å². The first-order chi connectivity index (χ1) is 20.0. The van der Waals surface area contributed by atoms with Crippen molar-refractivity contribution in [3.63, 3.8) is 0 Å². The van der Waals surface area contributed by atoms with E-state index in [0.717, 1.165) is 22.9 Å². The van der Waals surface area contributed by atoms with Crippen molar-refractivity contribution < 1.29 is 49.7 Å². The number of aromatic nitrogens is 2. The highest BCUT2D eigenvalue weighted by atomic mass is 28.3. The highest BCUT2D eigenvalue weighted by Crippen LogP contribution is 2.45. The molecule has 0 fully saturated rings. The molecular formula is C28H26F7N3O4Si. The lowest BCUT2D eigenvalue weighted by molar-refractivity contribution is -0.139. The van der Waals surface area contributed by atoms with E-state index in [4.69, 9.17) is 14.2 Å². The molecular weight excluding hydrogens is 603 g/mol. The van der Waals surface area contributed by atoms with Crippen molar-refractivity contribution in [1.29, 1.82) is 0 Å². The van der Waals surface area contributed by atoms with Gasteiger partial charge in [0.05, 0.1) is 10.9 Å². The van der Waals surface area contributed by atoms with Gasteiger partial charge in [0.25, 0.3) is 0 Å². The van der Waals surface area contributed by atoms with Crippen LogP contribution in [0.25, 0.3) is 11.0 Å². The first-order valence-corrected chi connectivity index (χ1v) is 16.5. The number of fused-ring (bicyclic) bond motifs is 1. The summed E-state index contributed by atoms with van der Waals surface area (Å²) in [6, 6.07) is 10.1. The van der Waals surface area contributed by atoms with Crippen LogP contribution in [-0.4, -0.2) is 30.3 Å². The van der Waals surface area contributed by atoms with E-state index in [9.17, 15) is 31.1 Å². The zero-order valence-electron chi connectivity index (χ0n) is 23.1. The molecule has 7 nitrogen and oxygen atoms in total. The van der Waals surface area contributed by atoms with Crippen molar-refractivity contribution in [3.8, 4) is 17.2 Å². The van der Waals surface area contributed by atoms with E-state index in [2.05, 4.69) is 24.6 Å². The standard InChI is InChI=1S/C28H26F7N3O4Si/c1-43(2,3)12-11-40-16-38-15-20(28(33,34)35)23-22(9-10-36-25(23)38)42-24-19(27(30,31)32)13-17(14-21(24)29)37-26(39)41-18-7-5-4-6-8-18/h4-10,13-15H,11-12,16H2,1-3H3,(H,37,39). The molecule has 1 N–H and O–H groups in total. The Balaban J connectivity index is 1.69. The van der Waals surface area contributed by atoms with Gasteiger partial charge in [0, 0.05) is 38.8 Å². The predicted octanol–water partition coefficient (Wildman–Crippen LogP) is 8.93. The molecule has 15 heteroatoms. The third kappa shape index (κ3) is 8.04. The van der Waals surface area contributed by atoms with E-state index >= 15 is 4.39 Å². The van der Waals surface area contributed by atoms with E-state index in [1.54, 1.807) is 18.2 Å². The van der Waals surface area contributed by atoms with Crippen molar-refractivity contribution >= 4 is 30.9 Å². The number of alkyl halides is 6. The van der Waals surface area contributed by atoms with Gasteiger partial charge in [-0.2, -0.15) is 26.3 Å². The third-order valence-electron chi connectivity index (χ3n) is 6.01. The molecule has 1 amide bonds. The Kier molecular flexibility index (Phi) is 9.06. The van der Waals surface area contributed by atoms with Gasteiger partial charge in [0.2, 0.25) is 0 Å². The summed E-state index contributed by atoms with van der Waals surface area (Å²) in [5.41, 5.74) is -3.85. The van der Waals surface area contributed by atoms with E-state index in [-0.39, 0.29) is 24.7 Å². The maximum atomic E-state index is 15.2. The van der Waals surface area contributed by atoms with Crippen LogP contribution in [-0.2, 0) is 23.8 Å². The van der Waals surface area contributed by atoms with Crippen LogP contribution < -0.4 is 14.8 Å². The fraction of sp³-hybridized carbons (Fsp3) is 0.286. The molecule has 4 aromatic rings. The van der Waals surface area contributed by atoms with E-state index in [1.165, 1.54) is 12.1 Å². The number of carbonyl (C=O) groups excluding carboxylic acids is 1. The Hall–Kier alpha value is -4.11.